The van der Waals surface area contributed by atoms with Crippen molar-refractivity contribution in [2.24, 2.45) is 5.92 Å². The predicted molar refractivity (Wildman–Crippen MR) is 114 cm³/mol. The van der Waals surface area contributed by atoms with E-state index in [4.69, 9.17) is 0 Å². The van der Waals surface area contributed by atoms with Gasteiger partial charge in [0.25, 0.3) is 5.91 Å². The third kappa shape index (κ3) is 5.67. The Balaban J connectivity index is 1.93. The lowest BCUT2D eigenvalue weighted by Gasteiger charge is -2.39. The van der Waals surface area contributed by atoms with E-state index in [0.29, 0.717) is 29.7 Å². The Kier molecular flexibility index (Phi) is 7.53. The Labute approximate surface area is 195 Å². The van der Waals surface area contributed by atoms with Gasteiger partial charge < -0.3 is 9.45 Å². The molecule has 1 heterocycles. The highest BCUT2D eigenvalue weighted by atomic mass is 32.2. The van der Waals surface area contributed by atoms with Crippen molar-refractivity contribution in [1.82, 2.24) is 4.90 Å². The smallest absolute Gasteiger partial charge is 0.417 e. The van der Waals surface area contributed by atoms with Crippen molar-refractivity contribution >= 4 is 17.1 Å². The van der Waals surface area contributed by atoms with Gasteiger partial charge in [-0.3, -0.25) is 4.79 Å². The molecule has 3 rings (SSSR count). The highest BCUT2D eigenvalue weighted by Crippen LogP contribution is 2.39. The average molecular weight is 502 g/mol. The van der Waals surface area contributed by atoms with Crippen molar-refractivity contribution in [1.29, 1.82) is 5.26 Å². The van der Waals surface area contributed by atoms with Crippen LogP contribution in [-0.2, 0) is 23.5 Å². The molecule has 1 amide bonds. The molecular weight excluding hydrogens is 482 g/mol. The molecule has 1 aliphatic rings. The van der Waals surface area contributed by atoms with Gasteiger partial charge in [-0.2, -0.15) is 31.6 Å². The SMILES string of the molecule is CCC[S+]([O-])CC1CN(C(=O)c2cc(C#N)c(-c3ccc(C(F)(F)F)cc3)cc2C(F)(F)F)C1. The highest BCUT2D eigenvalue weighted by Gasteiger charge is 2.41. The quantitative estimate of drug-likeness (QED) is 0.387. The number of amides is 1. The van der Waals surface area contributed by atoms with Crippen LogP contribution in [0.1, 0.15) is 40.4 Å². The molecule has 1 unspecified atom stereocenters. The fourth-order valence-electron chi connectivity index (χ4n) is 3.77. The zero-order valence-corrected chi connectivity index (χ0v) is 18.8. The molecule has 0 N–H and O–H groups in total. The first-order valence-electron chi connectivity index (χ1n) is 10.3. The van der Waals surface area contributed by atoms with Crippen LogP contribution in [0, 0.1) is 17.2 Å². The van der Waals surface area contributed by atoms with Crippen LogP contribution in [-0.4, -0.2) is 40.0 Å². The van der Waals surface area contributed by atoms with E-state index in [1.165, 1.54) is 4.90 Å². The van der Waals surface area contributed by atoms with Gasteiger partial charge in [0.1, 0.15) is 11.5 Å². The average Bonchev–Trinajstić information content (AvgIpc) is 2.73. The first-order valence-corrected chi connectivity index (χ1v) is 11.8. The first kappa shape index (κ1) is 25.9. The molecule has 4 nitrogen and oxygen atoms in total. The third-order valence-electron chi connectivity index (χ3n) is 5.43. The zero-order valence-electron chi connectivity index (χ0n) is 18.0. The number of likely N-dealkylation sites (tertiary alicyclic amines) is 1. The fraction of sp³-hybridized carbons (Fsp3) is 0.391. The van der Waals surface area contributed by atoms with E-state index in [1.54, 1.807) is 6.07 Å². The van der Waals surface area contributed by atoms with Gasteiger partial charge in [-0.25, -0.2) is 0 Å². The van der Waals surface area contributed by atoms with Gasteiger partial charge in [0.15, 0.2) is 0 Å². The minimum absolute atomic E-state index is 0.0172. The summed E-state index contributed by atoms with van der Waals surface area (Å²) in [6.07, 6.45) is -8.83. The minimum Gasteiger partial charge on any atom is -0.616 e. The number of hydrogen-bond acceptors (Lipinski definition) is 3. The zero-order chi connectivity index (χ0) is 25.3. The summed E-state index contributed by atoms with van der Waals surface area (Å²) in [7, 11) is 0. The first-order chi connectivity index (χ1) is 15.8. The summed E-state index contributed by atoms with van der Waals surface area (Å²) in [5.74, 6) is -0.104. The maximum absolute atomic E-state index is 13.8. The second kappa shape index (κ2) is 9.88. The molecule has 0 aliphatic carbocycles. The molecule has 34 heavy (non-hydrogen) atoms. The molecule has 0 bridgehead atoms. The van der Waals surface area contributed by atoms with Crippen LogP contribution in [0.2, 0.25) is 0 Å². The highest BCUT2D eigenvalue weighted by molar-refractivity contribution is 7.91. The van der Waals surface area contributed by atoms with Crippen molar-refractivity contribution in [3.63, 3.8) is 0 Å². The number of rotatable bonds is 6. The van der Waals surface area contributed by atoms with Crippen LogP contribution in [0.5, 0.6) is 0 Å². The van der Waals surface area contributed by atoms with E-state index in [-0.39, 0.29) is 35.7 Å². The van der Waals surface area contributed by atoms with Gasteiger partial charge in [0, 0.05) is 24.6 Å². The van der Waals surface area contributed by atoms with E-state index in [0.717, 1.165) is 24.6 Å². The molecule has 0 aromatic heterocycles. The maximum atomic E-state index is 13.8. The number of benzene rings is 2. The van der Waals surface area contributed by atoms with Gasteiger partial charge in [0.2, 0.25) is 0 Å². The van der Waals surface area contributed by atoms with Crippen molar-refractivity contribution in [3.8, 4) is 17.2 Å². The monoisotopic (exact) mass is 502 g/mol. The van der Waals surface area contributed by atoms with E-state index in [9.17, 15) is 41.0 Å². The van der Waals surface area contributed by atoms with E-state index in [2.05, 4.69) is 0 Å². The second-order valence-electron chi connectivity index (χ2n) is 8.01. The molecule has 0 saturated carbocycles. The number of nitriles is 1. The predicted octanol–water partition coefficient (Wildman–Crippen LogP) is 5.49. The molecule has 1 saturated heterocycles. The fourth-order valence-corrected chi connectivity index (χ4v) is 5.13. The van der Waals surface area contributed by atoms with Gasteiger partial charge >= 0.3 is 12.4 Å². The Morgan fingerprint density at radius 3 is 2.24 bits per heavy atom. The summed E-state index contributed by atoms with van der Waals surface area (Å²) in [4.78, 5) is 14.0. The number of hydrogen-bond donors (Lipinski definition) is 0. The Morgan fingerprint density at radius 2 is 1.74 bits per heavy atom. The Bertz CT molecular complexity index is 1090. The van der Waals surface area contributed by atoms with Crippen molar-refractivity contribution < 1.29 is 35.7 Å². The topological polar surface area (TPSA) is 67.2 Å². The standard InChI is InChI=1S/C23H20F6N2O2S/c1-2-7-34(33)13-14-11-31(12-14)21(32)19-8-16(10-30)18(9-20(19)23(27,28)29)15-3-5-17(6-4-15)22(24,25)26/h3-6,8-9,14H,2,7,11-13H2,1H3. The van der Waals surface area contributed by atoms with Crippen molar-refractivity contribution in [2.45, 2.75) is 25.7 Å². The normalized spacial score (nSPS) is 15.6. The summed E-state index contributed by atoms with van der Waals surface area (Å²) in [6.45, 7) is 2.20. The van der Waals surface area contributed by atoms with E-state index < -0.39 is 46.1 Å². The summed E-state index contributed by atoms with van der Waals surface area (Å²) >= 11 is -1.06. The number of halogens is 6. The lowest BCUT2D eigenvalue weighted by atomic mass is 9.91. The molecule has 2 aromatic rings. The van der Waals surface area contributed by atoms with E-state index in [1.807, 2.05) is 6.92 Å². The Morgan fingerprint density at radius 1 is 1.12 bits per heavy atom. The van der Waals surface area contributed by atoms with Crippen LogP contribution in [0.3, 0.4) is 0 Å². The number of carbonyl (C=O) groups is 1. The molecule has 0 radical (unpaired) electrons. The van der Waals surface area contributed by atoms with Gasteiger partial charge in [-0.05, 0) is 36.2 Å². The van der Waals surface area contributed by atoms with Crippen LogP contribution in [0.4, 0.5) is 26.3 Å². The number of nitrogens with zero attached hydrogens (tertiary/aromatic N) is 2. The van der Waals surface area contributed by atoms with E-state index >= 15 is 0 Å². The maximum Gasteiger partial charge on any atom is 0.417 e. The molecule has 2 aromatic carbocycles. The van der Waals surface area contributed by atoms with Crippen LogP contribution in [0.25, 0.3) is 11.1 Å². The minimum atomic E-state index is -4.94. The lowest BCUT2D eigenvalue weighted by Crippen LogP contribution is -2.52. The van der Waals surface area contributed by atoms with Crippen LogP contribution in [0.15, 0.2) is 36.4 Å². The van der Waals surface area contributed by atoms with Gasteiger partial charge in [0.05, 0.1) is 28.3 Å². The summed E-state index contributed by atoms with van der Waals surface area (Å²) in [5.41, 5.74) is -3.47. The van der Waals surface area contributed by atoms with Crippen molar-refractivity contribution in [2.75, 3.05) is 24.6 Å². The second-order valence-corrected chi connectivity index (χ2v) is 9.64. The van der Waals surface area contributed by atoms with Crippen LogP contribution < -0.4 is 0 Å². The number of carbonyl (C=O) groups excluding carboxylic acids is 1. The molecule has 1 aliphatic heterocycles. The lowest BCUT2D eigenvalue weighted by molar-refractivity contribution is -0.138. The van der Waals surface area contributed by atoms with Crippen LogP contribution >= 0.6 is 0 Å². The van der Waals surface area contributed by atoms with Crippen molar-refractivity contribution in [3.05, 3.63) is 58.7 Å². The molecular formula is C23H20F6N2O2S. The molecule has 0 spiro atoms. The molecule has 182 valence electrons. The summed E-state index contributed by atoms with van der Waals surface area (Å²) in [6, 6.07) is 6.59. The summed E-state index contributed by atoms with van der Waals surface area (Å²) in [5, 5.41) is 9.50. The largest absolute Gasteiger partial charge is 0.616 e. The molecule has 11 heteroatoms. The van der Waals surface area contributed by atoms with Gasteiger partial charge in [-0.1, -0.05) is 30.2 Å². The number of alkyl halides is 6. The molecule has 1 fully saturated rings. The summed E-state index contributed by atoms with van der Waals surface area (Å²) < 4.78 is 91.8. The Hall–Kier alpha value is -2.71. The third-order valence-corrected chi connectivity index (χ3v) is 7.14. The molecule has 1 atom stereocenters. The van der Waals surface area contributed by atoms with Gasteiger partial charge in [-0.15, -0.1) is 0 Å².